The number of rotatable bonds is 4. The molecule has 0 bridgehead atoms. The molecular weight excluding hydrogens is 190 g/mol. The van der Waals surface area contributed by atoms with Crippen molar-refractivity contribution >= 4 is 17.2 Å². The highest BCUT2D eigenvalue weighted by Gasteiger charge is 1.99. The largest absolute Gasteiger partial charge is 0.474 e. The lowest BCUT2D eigenvalue weighted by Gasteiger charge is -2.02. The van der Waals surface area contributed by atoms with Gasteiger partial charge in [0.15, 0.2) is 0 Å². The molecule has 0 radical (unpaired) electrons. The van der Waals surface area contributed by atoms with Gasteiger partial charge in [-0.15, -0.1) is 0 Å². The predicted molar refractivity (Wildman–Crippen MR) is 50.5 cm³/mol. The normalized spacial score (nSPS) is 9.62. The second kappa shape index (κ2) is 4.68. The Morgan fingerprint density at radius 3 is 2.77 bits per heavy atom. The van der Waals surface area contributed by atoms with Crippen LogP contribution in [0.2, 0.25) is 0 Å². The Morgan fingerprint density at radius 1 is 1.54 bits per heavy atom. The van der Waals surface area contributed by atoms with E-state index < -0.39 is 0 Å². The summed E-state index contributed by atoms with van der Waals surface area (Å²) in [6.45, 7) is 0.139. The molecule has 0 saturated carbocycles. The van der Waals surface area contributed by atoms with Gasteiger partial charge in [0, 0.05) is 0 Å². The van der Waals surface area contributed by atoms with Crippen LogP contribution in [0.4, 0.5) is 0 Å². The summed E-state index contributed by atoms with van der Waals surface area (Å²) in [4.78, 5) is 7.97. The molecule has 0 amide bonds. The summed E-state index contributed by atoms with van der Waals surface area (Å²) < 4.78 is 4.98. The van der Waals surface area contributed by atoms with Gasteiger partial charge in [0.2, 0.25) is 5.88 Å². The van der Waals surface area contributed by atoms with Crippen LogP contribution in [0.25, 0.3) is 0 Å². The SMILES string of the molecule is NC(=S)c1cnc(OCCO)cn1. The van der Waals surface area contributed by atoms with E-state index in [1.54, 1.807) is 0 Å². The van der Waals surface area contributed by atoms with Crippen molar-refractivity contribution in [3.63, 3.8) is 0 Å². The van der Waals surface area contributed by atoms with Gasteiger partial charge in [0.1, 0.15) is 17.3 Å². The molecule has 13 heavy (non-hydrogen) atoms. The van der Waals surface area contributed by atoms with Gasteiger partial charge >= 0.3 is 0 Å². The zero-order valence-corrected chi connectivity index (χ0v) is 7.62. The lowest BCUT2D eigenvalue weighted by molar-refractivity contribution is 0.196. The Kier molecular flexibility index (Phi) is 3.53. The van der Waals surface area contributed by atoms with Crippen molar-refractivity contribution in [2.45, 2.75) is 0 Å². The fourth-order valence-corrected chi connectivity index (χ4v) is 0.774. The van der Waals surface area contributed by atoms with Crippen LogP contribution in [-0.4, -0.2) is 33.3 Å². The maximum absolute atomic E-state index is 8.46. The highest BCUT2D eigenvalue weighted by Crippen LogP contribution is 2.03. The van der Waals surface area contributed by atoms with E-state index in [0.717, 1.165) is 0 Å². The molecule has 0 spiro atoms. The average molecular weight is 199 g/mol. The van der Waals surface area contributed by atoms with Crippen LogP contribution in [0.5, 0.6) is 5.88 Å². The minimum absolute atomic E-state index is 0.0568. The monoisotopic (exact) mass is 199 g/mol. The van der Waals surface area contributed by atoms with E-state index in [-0.39, 0.29) is 18.2 Å². The molecule has 70 valence electrons. The van der Waals surface area contributed by atoms with Crippen molar-refractivity contribution in [3.05, 3.63) is 18.1 Å². The minimum Gasteiger partial charge on any atom is -0.474 e. The van der Waals surface area contributed by atoms with Crippen LogP contribution in [0.1, 0.15) is 5.69 Å². The minimum atomic E-state index is -0.0568. The van der Waals surface area contributed by atoms with Crippen molar-refractivity contribution < 1.29 is 9.84 Å². The number of aliphatic hydroxyl groups excluding tert-OH is 1. The molecule has 1 heterocycles. The van der Waals surface area contributed by atoms with Crippen molar-refractivity contribution in [1.82, 2.24) is 9.97 Å². The third-order valence-corrected chi connectivity index (χ3v) is 1.43. The Balaban J connectivity index is 2.64. The molecule has 0 aliphatic heterocycles. The maximum Gasteiger partial charge on any atom is 0.232 e. The number of aromatic nitrogens is 2. The third kappa shape index (κ3) is 2.92. The highest BCUT2D eigenvalue weighted by atomic mass is 32.1. The maximum atomic E-state index is 8.46. The molecule has 0 atom stereocenters. The van der Waals surface area contributed by atoms with Crippen LogP contribution in [0, 0.1) is 0 Å². The van der Waals surface area contributed by atoms with Gasteiger partial charge in [0.05, 0.1) is 19.0 Å². The number of thiocarbonyl (C=S) groups is 1. The van der Waals surface area contributed by atoms with Crippen molar-refractivity contribution in [2.24, 2.45) is 5.73 Å². The van der Waals surface area contributed by atoms with Gasteiger partial charge in [-0.05, 0) is 0 Å². The van der Waals surface area contributed by atoms with Gasteiger partial charge in [-0.3, -0.25) is 0 Å². The lowest BCUT2D eigenvalue weighted by atomic mass is 10.4. The molecule has 0 fully saturated rings. The number of nitrogens with zero attached hydrogens (tertiary/aromatic N) is 2. The molecule has 3 N–H and O–H groups in total. The first-order valence-corrected chi connectivity index (χ1v) is 4.00. The summed E-state index contributed by atoms with van der Waals surface area (Å²) >= 11 is 4.69. The van der Waals surface area contributed by atoms with Gasteiger partial charge in [0.25, 0.3) is 0 Å². The van der Waals surface area contributed by atoms with Crippen LogP contribution in [0.3, 0.4) is 0 Å². The molecule has 0 aliphatic carbocycles. The molecule has 0 aromatic carbocycles. The summed E-state index contributed by atoms with van der Waals surface area (Å²) in [6, 6.07) is 0. The number of nitrogens with two attached hydrogens (primary N) is 1. The Labute approximate surface area is 80.6 Å². The zero-order valence-electron chi connectivity index (χ0n) is 6.80. The van der Waals surface area contributed by atoms with Crippen LogP contribution >= 0.6 is 12.2 Å². The lowest BCUT2D eigenvalue weighted by Crippen LogP contribution is -2.12. The van der Waals surface area contributed by atoms with Gasteiger partial charge in [-0.1, -0.05) is 12.2 Å². The van der Waals surface area contributed by atoms with E-state index in [1.807, 2.05) is 0 Å². The molecular formula is C7H9N3O2S. The van der Waals surface area contributed by atoms with Crippen LogP contribution in [-0.2, 0) is 0 Å². The van der Waals surface area contributed by atoms with E-state index in [2.05, 4.69) is 22.2 Å². The number of aliphatic hydroxyl groups is 1. The predicted octanol–water partition coefficient (Wildman–Crippen LogP) is -0.518. The molecule has 1 rings (SSSR count). The fraction of sp³-hybridized carbons (Fsp3) is 0.286. The molecule has 0 saturated heterocycles. The van der Waals surface area contributed by atoms with E-state index in [1.165, 1.54) is 12.4 Å². The number of ether oxygens (including phenoxy) is 1. The van der Waals surface area contributed by atoms with E-state index >= 15 is 0 Å². The third-order valence-electron chi connectivity index (χ3n) is 1.22. The molecule has 1 aromatic heterocycles. The van der Waals surface area contributed by atoms with E-state index in [4.69, 9.17) is 15.6 Å². The number of hydrogen-bond acceptors (Lipinski definition) is 5. The van der Waals surface area contributed by atoms with Crippen molar-refractivity contribution in [2.75, 3.05) is 13.2 Å². The second-order valence-electron chi connectivity index (χ2n) is 2.18. The summed E-state index contributed by atoms with van der Waals surface area (Å²) in [6.07, 6.45) is 2.83. The Morgan fingerprint density at radius 2 is 2.31 bits per heavy atom. The summed E-state index contributed by atoms with van der Waals surface area (Å²) in [7, 11) is 0. The smallest absolute Gasteiger partial charge is 0.232 e. The summed E-state index contributed by atoms with van der Waals surface area (Å²) in [5.74, 6) is 0.342. The quantitative estimate of drug-likeness (QED) is 0.635. The number of hydrogen-bond donors (Lipinski definition) is 2. The Bertz CT molecular complexity index is 288. The standard InChI is InChI=1S/C7H9N3O2S/c8-7(13)5-3-10-6(4-9-5)12-2-1-11/h3-4,11H,1-2H2,(H2,8,13). The summed E-state index contributed by atoms with van der Waals surface area (Å²) in [5.41, 5.74) is 5.76. The van der Waals surface area contributed by atoms with E-state index in [9.17, 15) is 0 Å². The molecule has 6 heteroatoms. The topological polar surface area (TPSA) is 81.3 Å². The van der Waals surface area contributed by atoms with Gasteiger partial charge in [-0.25, -0.2) is 9.97 Å². The molecule has 0 aliphatic rings. The van der Waals surface area contributed by atoms with Gasteiger partial charge in [-0.2, -0.15) is 0 Å². The molecule has 0 unspecified atom stereocenters. The first-order chi connectivity index (χ1) is 6.24. The Hall–Kier alpha value is -1.27. The van der Waals surface area contributed by atoms with E-state index in [0.29, 0.717) is 11.6 Å². The van der Waals surface area contributed by atoms with Crippen molar-refractivity contribution in [3.8, 4) is 5.88 Å². The average Bonchev–Trinajstić information content (AvgIpc) is 2.15. The first kappa shape index (κ1) is 9.82. The molecule has 5 nitrogen and oxygen atoms in total. The van der Waals surface area contributed by atoms with Crippen LogP contribution in [0.15, 0.2) is 12.4 Å². The van der Waals surface area contributed by atoms with Crippen LogP contribution < -0.4 is 10.5 Å². The summed E-state index contributed by atoms with van der Waals surface area (Å²) in [5, 5.41) is 8.46. The second-order valence-corrected chi connectivity index (χ2v) is 2.62. The zero-order chi connectivity index (χ0) is 9.68. The fourth-order valence-electron chi connectivity index (χ4n) is 0.668. The highest BCUT2D eigenvalue weighted by molar-refractivity contribution is 7.80. The van der Waals surface area contributed by atoms with Crippen molar-refractivity contribution in [1.29, 1.82) is 0 Å². The van der Waals surface area contributed by atoms with Gasteiger partial charge < -0.3 is 15.6 Å². The molecule has 1 aromatic rings. The first-order valence-electron chi connectivity index (χ1n) is 3.59.